The Morgan fingerprint density at radius 2 is 1.50 bits per heavy atom. The third-order valence-corrected chi connectivity index (χ3v) is 8.64. The highest BCUT2D eigenvalue weighted by Gasteiger charge is 2.54. The van der Waals surface area contributed by atoms with Gasteiger partial charge in [-0.25, -0.2) is 0 Å². The van der Waals surface area contributed by atoms with E-state index in [-0.39, 0.29) is 5.41 Å². The van der Waals surface area contributed by atoms with Gasteiger partial charge in [0.1, 0.15) is 5.78 Å². The molecule has 0 heterocycles. The zero-order chi connectivity index (χ0) is 17.7. The molecule has 0 aliphatic heterocycles. The number of hydrogen-bond acceptors (Lipinski definition) is 1. The molecule has 0 amide bonds. The number of carbonyl (C=O) groups excluding carboxylic acids is 1. The number of hydrogen-bond donors (Lipinski definition) is 0. The van der Waals surface area contributed by atoms with Crippen LogP contribution in [0.15, 0.2) is 0 Å². The van der Waals surface area contributed by atoms with Crippen LogP contribution in [0.3, 0.4) is 0 Å². The topological polar surface area (TPSA) is 17.1 Å². The molecule has 1 nitrogen and oxygen atoms in total. The monoisotopic (exact) mass is 332 g/mol. The minimum atomic E-state index is -0.129. The van der Waals surface area contributed by atoms with E-state index in [1.807, 2.05) is 0 Å². The maximum absolute atomic E-state index is 13.2. The number of carbonyl (C=O) groups is 1. The predicted octanol–water partition coefficient (Wildman–Crippen LogP) is 6.51. The standard InChI is InChI=1S/C23H40O/c1-15(2)14-23(6,16(3)4)21(24)7-8-22(5)19-10-17-9-18(12-19)13-20(22)11-17/h15-20H,7-14H2,1-6H3. The SMILES string of the molecule is CC(C)CC(C)(C(=O)CCC1(C)C2CC3CC(C2)CC1C3)C(C)C. The lowest BCUT2D eigenvalue weighted by Crippen LogP contribution is -2.51. The molecule has 0 spiro atoms. The summed E-state index contributed by atoms with van der Waals surface area (Å²) in [5.74, 6) is 5.46. The quantitative estimate of drug-likeness (QED) is 0.519. The molecule has 4 bridgehead atoms. The molecule has 0 N–H and O–H groups in total. The first-order chi connectivity index (χ1) is 11.1. The van der Waals surface area contributed by atoms with Crippen molar-refractivity contribution in [3.63, 3.8) is 0 Å². The van der Waals surface area contributed by atoms with Gasteiger partial charge in [0.15, 0.2) is 0 Å². The van der Waals surface area contributed by atoms with Crippen LogP contribution in [0.1, 0.15) is 92.9 Å². The molecule has 0 aromatic carbocycles. The fraction of sp³-hybridized carbons (Fsp3) is 0.957. The first-order valence-electron chi connectivity index (χ1n) is 10.7. The number of Topliss-reactive ketones (excluding diaryl/α,β-unsaturated/α-hetero) is 1. The summed E-state index contributed by atoms with van der Waals surface area (Å²) in [6.07, 6.45) is 10.4. The smallest absolute Gasteiger partial charge is 0.139 e. The average molecular weight is 333 g/mol. The van der Waals surface area contributed by atoms with Gasteiger partial charge in [-0.1, -0.05) is 41.5 Å². The van der Waals surface area contributed by atoms with E-state index in [9.17, 15) is 4.79 Å². The molecule has 0 radical (unpaired) electrons. The molecular formula is C23H40O. The van der Waals surface area contributed by atoms with Crippen molar-refractivity contribution in [3.8, 4) is 0 Å². The Balaban J connectivity index is 1.67. The summed E-state index contributed by atoms with van der Waals surface area (Å²) in [5, 5.41) is 0. The lowest BCUT2D eigenvalue weighted by molar-refractivity contribution is -0.136. The van der Waals surface area contributed by atoms with Crippen LogP contribution in [0.4, 0.5) is 0 Å². The first kappa shape index (κ1) is 18.5. The van der Waals surface area contributed by atoms with Gasteiger partial charge in [-0.2, -0.15) is 0 Å². The Labute approximate surface area is 150 Å². The third-order valence-electron chi connectivity index (χ3n) is 8.64. The maximum Gasteiger partial charge on any atom is 0.139 e. The van der Waals surface area contributed by atoms with Gasteiger partial charge in [-0.3, -0.25) is 4.79 Å². The maximum atomic E-state index is 13.2. The fourth-order valence-corrected chi connectivity index (χ4v) is 6.86. The molecule has 24 heavy (non-hydrogen) atoms. The molecule has 1 unspecified atom stereocenters. The van der Waals surface area contributed by atoms with Crippen molar-refractivity contribution in [2.45, 2.75) is 92.9 Å². The highest BCUT2D eigenvalue weighted by Crippen LogP contribution is 2.63. The van der Waals surface area contributed by atoms with Crippen LogP contribution >= 0.6 is 0 Å². The van der Waals surface area contributed by atoms with Crippen LogP contribution in [-0.4, -0.2) is 5.78 Å². The normalized spacial score (nSPS) is 40.3. The summed E-state index contributed by atoms with van der Waals surface area (Å²) in [6.45, 7) is 13.8. The Morgan fingerprint density at radius 3 is 1.92 bits per heavy atom. The van der Waals surface area contributed by atoms with E-state index in [0.29, 0.717) is 23.0 Å². The molecule has 4 fully saturated rings. The van der Waals surface area contributed by atoms with Crippen molar-refractivity contribution in [1.82, 2.24) is 0 Å². The van der Waals surface area contributed by atoms with Gasteiger partial charge < -0.3 is 0 Å². The summed E-state index contributed by atoms with van der Waals surface area (Å²) in [7, 11) is 0. The summed E-state index contributed by atoms with van der Waals surface area (Å²) < 4.78 is 0. The summed E-state index contributed by atoms with van der Waals surface area (Å²) in [4.78, 5) is 13.2. The molecule has 4 saturated carbocycles. The number of rotatable bonds is 7. The molecule has 0 saturated heterocycles. The molecule has 1 atom stereocenters. The lowest BCUT2D eigenvalue weighted by atomic mass is 9.45. The van der Waals surface area contributed by atoms with E-state index < -0.39 is 0 Å². The zero-order valence-electron chi connectivity index (χ0n) is 17.0. The second-order valence-electron chi connectivity index (χ2n) is 10.9. The van der Waals surface area contributed by atoms with E-state index in [2.05, 4.69) is 41.5 Å². The van der Waals surface area contributed by atoms with Gasteiger partial charge in [-0.05, 0) is 85.9 Å². The molecule has 0 aromatic rings. The largest absolute Gasteiger partial charge is 0.299 e. The van der Waals surface area contributed by atoms with Crippen molar-refractivity contribution in [1.29, 1.82) is 0 Å². The van der Waals surface area contributed by atoms with Crippen molar-refractivity contribution in [2.24, 2.45) is 46.3 Å². The molecular weight excluding hydrogens is 292 g/mol. The molecule has 138 valence electrons. The van der Waals surface area contributed by atoms with Gasteiger partial charge in [-0.15, -0.1) is 0 Å². The van der Waals surface area contributed by atoms with Crippen LogP contribution in [0.5, 0.6) is 0 Å². The lowest BCUT2D eigenvalue weighted by Gasteiger charge is -2.60. The van der Waals surface area contributed by atoms with Crippen LogP contribution in [0, 0.1) is 46.3 Å². The average Bonchev–Trinajstić information content (AvgIpc) is 2.48. The summed E-state index contributed by atoms with van der Waals surface area (Å²) >= 11 is 0. The molecule has 4 rings (SSSR count). The Morgan fingerprint density at radius 1 is 1.00 bits per heavy atom. The predicted molar refractivity (Wildman–Crippen MR) is 102 cm³/mol. The van der Waals surface area contributed by atoms with E-state index in [0.717, 1.165) is 42.9 Å². The third kappa shape index (κ3) is 3.10. The van der Waals surface area contributed by atoms with Crippen LogP contribution in [-0.2, 0) is 4.79 Å². The number of ketones is 1. The van der Waals surface area contributed by atoms with E-state index in [4.69, 9.17) is 0 Å². The van der Waals surface area contributed by atoms with Crippen LogP contribution in [0.2, 0.25) is 0 Å². The summed E-state index contributed by atoms with van der Waals surface area (Å²) in [5.41, 5.74) is 0.329. The van der Waals surface area contributed by atoms with Gasteiger partial charge in [0, 0.05) is 11.8 Å². The minimum absolute atomic E-state index is 0.129. The Kier molecular flexibility index (Phi) is 4.95. The highest BCUT2D eigenvalue weighted by atomic mass is 16.1. The Bertz CT molecular complexity index is 446. The molecule has 1 heteroatoms. The first-order valence-corrected chi connectivity index (χ1v) is 10.7. The van der Waals surface area contributed by atoms with E-state index in [1.54, 1.807) is 0 Å². The van der Waals surface area contributed by atoms with E-state index in [1.165, 1.54) is 32.1 Å². The van der Waals surface area contributed by atoms with Crippen molar-refractivity contribution >= 4 is 5.78 Å². The molecule has 4 aliphatic rings. The highest BCUT2D eigenvalue weighted by molar-refractivity contribution is 5.84. The zero-order valence-corrected chi connectivity index (χ0v) is 17.0. The van der Waals surface area contributed by atoms with Crippen molar-refractivity contribution in [3.05, 3.63) is 0 Å². The van der Waals surface area contributed by atoms with Crippen molar-refractivity contribution < 1.29 is 4.79 Å². The van der Waals surface area contributed by atoms with Crippen LogP contribution in [0.25, 0.3) is 0 Å². The van der Waals surface area contributed by atoms with Gasteiger partial charge in [0.2, 0.25) is 0 Å². The van der Waals surface area contributed by atoms with Gasteiger partial charge in [0.05, 0.1) is 0 Å². The Hall–Kier alpha value is -0.330. The second kappa shape index (κ2) is 6.44. The summed E-state index contributed by atoms with van der Waals surface area (Å²) in [6, 6.07) is 0. The fourth-order valence-electron chi connectivity index (χ4n) is 6.86. The van der Waals surface area contributed by atoms with E-state index >= 15 is 0 Å². The second-order valence-corrected chi connectivity index (χ2v) is 10.9. The molecule has 4 aliphatic carbocycles. The van der Waals surface area contributed by atoms with Crippen molar-refractivity contribution in [2.75, 3.05) is 0 Å². The van der Waals surface area contributed by atoms with Gasteiger partial charge in [0.25, 0.3) is 0 Å². The minimum Gasteiger partial charge on any atom is -0.299 e. The van der Waals surface area contributed by atoms with Gasteiger partial charge >= 0.3 is 0 Å². The van der Waals surface area contributed by atoms with Crippen LogP contribution < -0.4 is 0 Å². The molecule has 0 aromatic heterocycles.